The SMILES string of the molecule is CC1(CN)CCN(C(=O)Cc2csc(-c3ccc(Cl)s3)n2)C1.Cl.Cl. The first-order valence-corrected chi connectivity index (χ1v) is 9.24. The molecule has 0 aliphatic carbocycles. The first kappa shape index (κ1) is 21.7. The van der Waals surface area contributed by atoms with Gasteiger partial charge in [0.1, 0.15) is 5.01 Å². The molecule has 1 saturated heterocycles. The van der Waals surface area contributed by atoms with Gasteiger partial charge in [-0.05, 0) is 30.5 Å². The molecule has 2 aromatic rings. The zero-order chi connectivity index (χ0) is 15.7. The summed E-state index contributed by atoms with van der Waals surface area (Å²) in [7, 11) is 0. The molecule has 2 N–H and O–H groups in total. The summed E-state index contributed by atoms with van der Waals surface area (Å²) in [5.41, 5.74) is 6.69. The fourth-order valence-electron chi connectivity index (χ4n) is 2.60. The number of rotatable bonds is 4. The maximum absolute atomic E-state index is 12.4. The van der Waals surface area contributed by atoms with E-state index in [1.807, 2.05) is 22.4 Å². The molecule has 1 aliphatic rings. The number of thiophene rings is 1. The van der Waals surface area contributed by atoms with Crippen molar-refractivity contribution in [2.75, 3.05) is 19.6 Å². The number of carbonyl (C=O) groups excluding carboxylic acids is 1. The lowest BCUT2D eigenvalue weighted by atomic mass is 9.90. The van der Waals surface area contributed by atoms with Crippen LogP contribution in [0.25, 0.3) is 9.88 Å². The highest BCUT2D eigenvalue weighted by atomic mass is 35.5. The summed E-state index contributed by atoms with van der Waals surface area (Å²) >= 11 is 9.01. The molecule has 1 atom stereocenters. The highest BCUT2D eigenvalue weighted by molar-refractivity contribution is 7.23. The number of amides is 1. The lowest BCUT2D eigenvalue weighted by Gasteiger charge is -2.22. The van der Waals surface area contributed by atoms with Gasteiger partial charge in [0.05, 0.1) is 21.3 Å². The molecule has 9 heteroatoms. The number of hydrogen-bond acceptors (Lipinski definition) is 5. The summed E-state index contributed by atoms with van der Waals surface area (Å²) < 4.78 is 0.751. The van der Waals surface area contributed by atoms with Crippen LogP contribution in [0.5, 0.6) is 0 Å². The Labute approximate surface area is 167 Å². The van der Waals surface area contributed by atoms with Crippen molar-refractivity contribution in [2.24, 2.45) is 11.1 Å². The number of aromatic nitrogens is 1. The number of hydrogen-bond donors (Lipinski definition) is 1. The minimum atomic E-state index is 0. The molecule has 4 nitrogen and oxygen atoms in total. The Kier molecular flexibility index (Phi) is 7.97. The molecule has 2 aromatic heterocycles. The predicted octanol–water partition coefficient (Wildman–Crippen LogP) is 4.11. The Hall–Kier alpha value is -0.370. The topological polar surface area (TPSA) is 59.2 Å². The van der Waals surface area contributed by atoms with Gasteiger partial charge in [0, 0.05) is 18.5 Å². The summed E-state index contributed by atoms with van der Waals surface area (Å²) in [5.74, 6) is 0.137. The Balaban J connectivity index is 0.00000144. The van der Waals surface area contributed by atoms with Crippen molar-refractivity contribution >= 4 is 65.0 Å². The molecule has 1 fully saturated rings. The van der Waals surface area contributed by atoms with E-state index < -0.39 is 0 Å². The molecule has 24 heavy (non-hydrogen) atoms. The van der Waals surface area contributed by atoms with Gasteiger partial charge in [-0.3, -0.25) is 4.79 Å². The summed E-state index contributed by atoms with van der Waals surface area (Å²) in [6.07, 6.45) is 1.33. The summed E-state index contributed by atoms with van der Waals surface area (Å²) in [6.45, 7) is 4.31. The molecule has 0 radical (unpaired) electrons. The maximum Gasteiger partial charge on any atom is 0.228 e. The summed E-state index contributed by atoms with van der Waals surface area (Å²) in [4.78, 5) is 19.9. The molecule has 1 unspecified atom stereocenters. The predicted molar refractivity (Wildman–Crippen MR) is 107 cm³/mol. The van der Waals surface area contributed by atoms with Gasteiger partial charge in [0.25, 0.3) is 0 Å². The van der Waals surface area contributed by atoms with Crippen LogP contribution in [0, 0.1) is 5.41 Å². The second-order valence-electron chi connectivity index (χ2n) is 6.00. The van der Waals surface area contributed by atoms with Gasteiger partial charge in [-0.15, -0.1) is 47.5 Å². The van der Waals surface area contributed by atoms with Crippen LogP contribution in [0.4, 0.5) is 0 Å². The third-order valence-corrected chi connectivity index (χ3v) is 6.36. The van der Waals surface area contributed by atoms with Crippen molar-refractivity contribution in [3.63, 3.8) is 0 Å². The van der Waals surface area contributed by atoms with Crippen molar-refractivity contribution < 1.29 is 4.79 Å². The maximum atomic E-state index is 12.4. The Morgan fingerprint density at radius 3 is 2.79 bits per heavy atom. The van der Waals surface area contributed by atoms with Crippen LogP contribution in [0.3, 0.4) is 0 Å². The van der Waals surface area contributed by atoms with Crippen LogP contribution in [0.15, 0.2) is 17.5 Å². The second kappa shape index (κ2) is 8.83. The van der Waals surface area contributed by atoms with Gasteiger partial charge < -0.3 is 10.6 Å². The smallest absolute Gasteiger partial charge is 0.228 e. The van der Waals surface area contributed by atoms with E-state index in [9.17, 15) is 4.79 Å². The zero-order valence-corrected chi connectivity index (χ0v) is 17.2. The number of nitrogens with zero attached hydrogens (tertiary/aromatic N) is 2. The van der Waals surface area contributed by atoms with Gasteiger partial charge in [0.15, 0.2) is 0 Å². The van der Waals surface area contributed by atoms with Crippen molar-refractivity contribution in [1.29, 1.82) is 0 Å². The molecule has 0 aromatic carbocycles. The van der Waals surface area contributed by atoms with Gasteiger partial charge in [-0.1, -0.05) is 18.5 Å². The van der Waals surface area contributed by atoms with Crippen molar-refractivity contribution in [3.8, 4) is 9.88 Å². The van der Waals surface area contributed by atoms with Gasteiger partial charge in [-0.2, -0.15) is 0 Å². The Morgan fingerprint density at radius 2 is 2.21 bits per heavy atom. The molecule has 134 valence electrons. The number of nitrogens with two attached hydrogens (primary N) is 1. The number of likely N-dealkylation sites (tertiary alicyclic amines) is 1. The molecule has 0 bridgehead atoms. The fourth-order valence-corrected chi connectivity index (χ4v) is 4.54. The van der Waals surface area contributed by atoms with Crippen LogP contribution in [0.1, 0.15) is 19.0 Å². The van der Waals surface area contributed by atoms with Crippen LogP contribution in [0.2, 0.25) is 4.34 Å². The van der Waals surface area contributed by atoms with Gasteiger partial charge >= 0.3 is 0 Å². The third kappa shape index (κ3) is 4.84. The molecule has 3 rings (SSSR count). The lowest BCUT2D eigenvalue weighted by molar-refractivity contribution is -0.129. The van der Waals surface area contributed by atoms with E-state index >= 15 is 0 Å². The van der Waals surface area contributed by atoms with E-state index in [4.69, 9.17) is 17.3 Å². The molecular formula is C15H20Cl3N3OS2. The molecule has 1 aliphatic heterocycles. The molecule has 0 saturated carbocycles. The zero-order valence-electron chi connectivity index (χ0n) is 13.2. The normalized spacial score (nSPS) is 19.7. The Bertz CT molecular complexity index is 691. The van der Waals surface area contributed by atoms with E-state index in [-0.39, 0.29) is 36.1 Å². The molecule has 0 spiro atoms. The van der Waals surface area contributed by atoms with Crippen molar-refractivity contribution in [2.45, 2.75) is 19.8 Å². The highest BCUT2D eigenvalue weighted by Gasteiger charge is 2.34. The van der Waals surface area contributed by atoms with E-state index in [0.717, 1.165) is 39.4 Å². The van der Waals surface area contributed by atoms with E-state index in [1.165, 1.54) is 11.3 Å². The lowest BCUT2D eigenvalue weighted by Crippen LogP contribution is -2.35. The average Bonchev–Trinajstić information content (AvgIpc) is 3.19. The number of carbonyl (C=O) groups is 1. The highest BCUT2D eigenvalue weighted by Crippen LogP contribution is 2.33. The quantitative estimate of drug-likeness (QED) is 0.797. The van der Waals surface area contributed by atoms with E-state index in [0.29, 0.717) is 13.0 Å². The van der Waals surface area contributed by atoms with E-state index in [2.05, 4.69) is 11.9 Å². The van der Waals surface area contributed by atoms with Crippen LogP contribution < -0.4 is 5.73 Å². The largest absolute Gasteiger partial charge is 0.342 e. The molecular weight excluding hydrogens is 409 g/mol. The fraction of sp³-hybridized carbons (Fsp3) is 0.467. The van der Waals surface area contributed by atoms with Crippen molar-refractivity contribution in [1.82, 2.24) is 9.88 Å². The van der Waals surface area contributed by atoms with Crippen LogP contribution in [-0.2, 0) is 11.2 Å². The monoisotopic (exact) mass is 427 g/mol. The second-order valence-corrected chi connectivity index (χ2v) is 8.58. The summed E-state index contributed by atoms with van der Waals surface area (Å²) in [6, 6.07) is 3.83. The first-order valence-electron chi connectivity index (χ1n) is 7.17. The number of halogens is 3. The van der Waals surface area contributed by atoms with Crippen LogP contribution >= 0.6 is 59.1 Å². The standard InChI is InChI=1S/C15H18ClN3OS2.2ClH/c1-15(8-17)4-5-19(9-15)13(20)6-10-7-21-14(18-10)11-2-3-12(16)22-11;;/h2-3,7H,4-6,8-9,17H2,1H3;2*1H. The third-order valence-electron chi connectivity index (χ3n) is 4.07. The summed E-state index contributed by atoms with van der Waals surface area (Å²) in [5, 5.41) is 2.88. The average molecular weight is 429 g/mol. The minimum absolute atomic E-state index is 0. The molecule has 1 amide bonds. The van der Waals surface area contributed by atoms with Crippen LogP contribution in [-0.4, -0.2) is 35.4 Å². The first-order chi connectivity index (χ1) is 10.5. The van der Waals surface area contributed by atoms with Gasteiger partial charge in [-0.25, -0.2) is 4.98 Å². The molecule has 3 heterocycles. The van der Waals surface area contributed by atoms with E-state index in [1.54, 1.807) is 11.3 Å². The Morgan fingerprint density at radius 1 is 1.46 bits per heavy atom. The van der Waals surface area contributed by atoms with Crippen molar-refractivity contribution in [3.05, 3.63) is 27.5 Å². The van der Waals surface area contributed by atoms with Gasteiger partial charge in [0.2, 0.25) is 5.91 Å². The number of thiazole rings is 1. The minimum Gasteiger partial charge on any atom is -0.342 e.